The lowest BCUT2D eigenvalue weighted by Gasteiger charge is -2.08. The summed E-state index contributed by atoms with van der Waals surface area (Å²) in [7, 11) is 4.78. The molecule has 2 rings (SSSR count). The molecule has 102 valence electrons. The number of nitrogens with zero attached hydrogens (tertiary/aromatic N) is 4. The highest BCUT2D eigenvalue weighted by atomic mass is 16.2. The fourth-order valence-corrected chi connectivity index (χ4v) is 2.06. The summed E-state index contributed by atoms with van der Waals surface area (Å²) in [5.41, 5.74) is 0.927. The van der Waals surface area contributed by atoms with Crippen LogP contribution in [0.3, 0.4) is 0 Å². The van der Waals surface area contributed by atoms with Crippen LogP contribution in [0.5, 0.6) is 0 Å². The molecule has 0 aromatic carbocycles. The number of allylic oxidation sites excluding steroid dienone is 1. The van der Waals surface area contributed by atoms with E-state index >= 15 is 0 Å². The third-order valence-electron chi connectivity index (χ3n) is 3.00. The van der Waals surface area contributed by atoms with E-state index in [-0.39, 0.29) is 11.2 Å². The third-order valence-corrected chi connectivity index (χ3v) is 3.00. The molecular formula is C12H17N5O2. The van der Waals surface area contributed by atoms with Crippen LogP contribution in [0, 0.1) is 0 Å². The highest BCUT2D eigenvalue weighted by Gasteiger charge is 2.18. The zero-order chi connectivity index (χ0) is 14.3. The van der Waals surface area contributed by atoms with Gasteiger partial charge in [-0.3, -0.25) is 13.9 Å². The summed E-state index contributed by atoms with van der Waals surface area (Å²) in [6.07, 6.45) is 0. The molecule has 19 heavy (non-hydrogen) atoms. The number of nitrogens with one attached hydrogen (secondary N) is 1. The maximum atomic E-state index is 12.3. The van der Waals surface area contributed by atoms with Gasteiger partial charge in [0.05, 0.1) is 0 Å². The lowest BCUT2D eigenvalue weighted by molar-refractivity contribution is 0.702. The molecule has 0 amide bonds. The van der Waals surface area contributed by atoms with Crippen LogP contribution < -0.4 is 16.6 Å². The Labute approximate surface area is 109 Å². The largest absolute Gasteiger partial charge is 0.359 e. The minimum absolute atomic E-state index is 0.353. The molecule has 0 spiro atoms. The molecule has 1 N–H and O–H groups in total. The summed E-state index contributed by atoms with van der Waals surface area (Å²) in [6, 6.07) is 0. The molecular weight excluding hydrogens is 246 g/mol. The number of aromatic nitrogens is 4. The number of hydrogen-bond acceptors (Lipinski definition) is 4. The summed E-state index contributed by atoms with van der Waals surface area (Å²) in [4.78, 5) is 28.4. The smallest absolute Gasteiger partial charge is 0.332 e. The first-order valence-electron chi connectivity index (χ1n) is 5.86. The molecule has 7 heteroatoms. The number of imidazole rings is 1. The molecule has 2 heterocycles. The van der Waals surface area contributed by atoms with E-state index in [1.807, 2.05) is 6.92 Å². The summed E-state index contributed by atoms with van der Waals surface area (Å²) in [5.74, 6) is 0.538. The van der Waals surface area contributed by atoms with Gasteiger partial charge in [-0.05, 0) is 6.92 Å². The molecule has 0 fully saturated rings. The Balaban J connectivity index is 2.99. The highest BCUT2D eigenvalue weighted by molar-refractivity contribution is 5.74. The molecule has 7 nitrogen and oxygen atoms in total. The van der Waals surface area contributed by atoms with E-state index in [1.165, 1.54) is 11.6 Å². The second kappa shape index (κ2) is 4.42. The van der Waals surface area contributed by atoms with Crippen molar-refractivity contribution in [1.29, 1.82) is 0 Å². The van der Waals surface area contributed by atoms with Gasteiger partial charge < -0.3 is 9.88 Å². The van der Waals surface area contributed by atoms with E-state index in [0.29, 0.717) is 23.7 Å². The molecule has 0 aliphatic carbocycles. The van der Waals surface area contributed by atoms with Crippen molar-refractivity contribution < 1.29 is 0 Å². The van der Waals surface area contributed by atoms with Gasteiger partial charge in [-0.2, -0.15) is 4.98 Å². The Hall–Kier alpha value is -2.31. The predicted octanol–water partition coefficient (Wildman–Crippen LogP) is 0.0515. The number of fused-ring (bicyclic) bond motifs is 1. The Morgan fingerprint density at radius 1 is 1.32 bits per heavy atom. The Morgan fingerprint density at radius 3 is 2.47 bits per heavy atom. The second-order valence-electron chi connectivity index (χ2n) is 4.61. The van der Waals surface area contributed by atoms with Gasteiger partial charge in [0, 0.05) is 27.7 Å². The molecule has 0 atom stereocenters. The van der Waals surface area contributed by atoms with E-state index in [4.69, 9.17) is 0 Å². The topological polar surface area (TPSA) is 73.8 Å². The number of rotatable bonds is 3. The molecule has 2 aromatic rings. The van der Waals surface area contributed by atoms with Crippen molar-refractivity contribution in [3.05, 3.63) is 33.0 Å². The van der Waals surface area contributed by atoms with Crippen molar-refractivity contribution in [2.45, 2.75) is 13.5 Å². The van der Waals surface area contributed by atoms with Gasteiger partial charge in [0.25, 0.3) is 5.56 Å². The van der Waals surface area contributed by atoms with Gasteiger partial charge in [-0.15, -0.1) is 0 Å². The van der Waals surface area contributed by atoms with Crippen LogP contribution in [0.15, 0.2) is 21.7 Å². The Morgan fingerprint density at radius 2 is 1.95 bits per heavy atom. The Kier molecular flexibility index (Phi) is 3.05. The number of hydrogen-bond donors (Lipinski definition) is 1. The molecule has 0 aliphatic heterocycles. The average Bonchev–Trinajstić information content (AvgIpc) is 2.71. The minimum atomic E-state index is -0.389. The first-order valence-corrected chi connectivity index (χ1v) is 5.86. The Bertz CT molecular complexity index is 778. The third kappa shape index (κ3) is 1.87. The van der Waals surface area contributed by atoms with Gasteiger partial charge in [-0.1, -0.05) is 12.2 Å². The molecule has 0 radical (unpaired) electrons. The van der Waals surface area contributed by atoms with Crippen LogP contribution in [0.25, 0.3) is 11.2 Å². The number of anilines is 1. The molecule has 0 unspecified atom stereocenters. The van der Waals surface area contributed by atoms with Gasteiger partial charge in [0.2, 0.25) is 5.95 Å². The van der Waals surface area contributed by atoms with Crippen LogP contribution in [0.2, 0.25) is 0 Å². The standard InChI is InChI=1S/C12H17N5O2/c1-7(2)6-17-8-9(14-11(17)13-3)15(4)12(19)16(5)10(8)18/h1,6H2,2-5H3,(H,13,14). The van der Waals surface area contributed by atoms with E-state index < -0.39 is 0 Å². The fourth-order valence-electron chi connectivity index (χ4n) is 2.06. The SMILES string of the molecule is C=C(C)Cn1c(NC)nc2c1c(=O)n(C)c(=O)n2C. The quantitative estimate of drug-likeness (QED) is 0.794. The zero-order valence-electron chi connectivity index (χ0n) is 11.5. The van der Waals surface area contributed by atoms with Crippen LogP contribution in [0.4, 0.5) is 5.95 Å². The second-order valence-corrected chi connectivity index (χ2v) is 4.61. The van der Waals surface area contributed by atoms with E-state index in [2.05, 4.69) is 16.9 Å². The van der Waals surface area contributed by atoms with Crippen LogP contribution >= 0.6 is 0 Å². The molecule has 2 aromatic heterocycles. The van der Waals surface area contributed by atoms with Crippen molar-refractivity contribution in [2.24, 2.45) is 14.1 Å². The van der Waals surface area contributed by atoms with Gasteiger partial charge >= 0.3 is 5.69 Å². The fraction of sp³-hybridized carbons (Fsp3) is 0.417. The molecule has 0 saturated heterocycles. The van der Waals surface area contributed by atoms with Crippen LogP contribution in [-0.2, 0) is 20.6 Å². The van der Waals surface area contributed by atoms with Crippen molar-refractivity contribution in [3.8, 4) is 0 Å². The monoisotopic (exact) mass is 263 g/mol. The summed E-state index contributed by atoms with van der Waals surface area (Å²) < 4.78 is 4.18. The summed E-state index contributed by atoms with van der Waals surface area (Å²) in [5, 5.41) is 2.93. The molecule has 0 saturated carbocycles. The van der Waals surface area contributed by atoms with Crippen molar-refractivity contribution in [1.82, 2.24) is 18.7 Å². The van der Waals surface area contributed by atoms with Crippen molar-refractivity contribution >= 4 is 17.1 Å². The minimum Gasteiger partial charge on any atom is -0.359 e. The van der Waals surface area contributed by atoms with Gasteiger partial charge in [0.1, 0.15) is 0 Å². The maximum Gasteiger partial charge on any atom is 0.332 e. The highest BCUT2D eigenvalue weighted by Crippen LogP contribution is 2.16. The normalized spacial score (nSPS) is 10.9. The number of aryl methyl sites for hydroxylation is 1. The summed E-state index contributed by atoms with van der Waals surface area (Å²) in [6.45, 7) is 6.20. The maximum absolute atomic E-state index is 12.3. The van der Waals surface area contributed by atoms with Crippen LogP contribution in [0.1, 0.15) is 6.92 Å². The first-order chi connectivity index (χ1) is 8.88. The summed E-state index contributed by atoms with van der Waals surface area (Å²) >= 11 is 0. The molecule has 0 aliphatic rings. The van der Waals surface area contributed by atoms with Gasteiger partial charge in [0.15, 0.2) is 11.2 Å². The zero-order valence-corrected chi connectivity index (χ0v) is 11.5. The van der Waals surface area contributed by atoms with E-state index in [1.54, 1.807) is 18.7 Å². The lowest BCUT2D eigenvalue weighted by atomic mass is 10.3. The van der Waals surface area contributed by atoms with Gasteiger partial charge in [-0.25, -0.2) is 4.79 Å². The van der Waals surface area contributed by atoms with E-state index in [9.17, 15) is 9.59 Å². The van der Waals surface area contributed by atoms with E-state index in [0.717, 1.165) is 10.1 Å². The average molecular weight is 263 g/mol. The van der Waals surface area contributed by atoms with Crippen molar-refractivity contribution in [3.63, 3.8) is 0 Å². The van der Waals surface area contributed by atoms with Crippen molar-refractivity contribution in [2.75, 3.05) is 12.4 Å². The first kappa shape index (κ1) is 13.1. The molecule has 0 bridgehead atoms. The van der Waals surface area contributed by atoms with Crippen LogP contribution in [-0.4, -0.2) is 25.7 Å². The lowest BCUT2D eigenvalue weighted by Crippen LogP contribution is -2.37. The predicted molar refractivity (Wildman–Crippen MR) is 74.6 cm³/mol.